The van der Waals surface area contributed by atoms with E-state index in [4.69, 9.17) is 25.6 Å². The largest absolute Gasteiger partial charge is 0 e. The normalized spacial score (nSPS) is 0.852. The zero-order valence-corrected chi connectivity index (χ0v) is 17.2. The molecule has 0 spiro atoms. The summed E-state index contributed by atoms with van der Waals surface area (Å²) in [4.78, 5) is 0. The molecule has 0 bridgehead atoms. The van der Waals surface area contributed by atoms with E-state index in [1.54, 1.807) is 0 Å². The Morgan fingerprint density at radius 3 is 0.593 bits per heavy atom. The monoisotopic (exact) mass is 656 g/mol. The quantitative estimate of drug-likeness (QED) is 0.176. The van der Waals surface area contributed by atoms with Gasteiger partial charge in [-0.15, -0.1) is 0 Å². The second kappa shape index (κ2) is 2770. The summed E-state index contributed by atoms with van der Waals surface area (Å²) in [5, 5.41) is 0. The first kappa shape index (κ1) is 374. The molecule has 0 heterocycles. The molecule has 0 aromatic rings. The molecule has 13 heteroatoms. The maximum absolute atomic E-state index is 8.40. The molecule has 0 fully saturated rings. The van der Waals surface area contributed by atoms with Gasteiger partial charge in [0.1, 0.15) is 0 Å². The van der Waals surface area contributed by atoms with Crippen LogP contribution in [0.3, 0.4) is 0 Å². The van der Waals surface area contributed by atoms with Gasteiger partial charge in [0.25, 0.3) is 0 Å². The van der Waals surface area contributed by atoms with Gasteiger partial charge in [-0.2, -0.15) is 0 Å². The van der Waals surface area contributed by atoms with Crippen LogP contribution >= 0.6 is 0 Å². The molecule has 7 nitrogen and oxygen atoms in total. The molecule has 0 aliphatic carbocycles. The minimum Gasteiger partial charge on any atom is 0 e. The Morgan fingerprint density at radius 1 is 0.593 bits per heavy atom. The fourth-order valence-electron chi connectivity index (χ4n) is 0. The van der Waals surface area contributed by atoms with E-state index in [0.717, 1.165) is 0 Å². The molecule has 2 N–H and O–H groups in total. The molecule has 0 saturated carbocycles. The molecular weight excluding hydrogens is 607 g/mol. The van der Waals surface area contributed by atoms with E-state index in [2.05, 4.69) is 13.3 Å². The van der Waals surface area contributed by atoms with Crippen LogP contribution in [-0.2, 0) is 113 Å². The second-order valence-electron chi connectivity index (χ2n) is 0.0833. The van der Waals surface area contributed by atoms with Crippen LogP contribution in [0.15, 0.2) is 0 Å². The minimum atomic E-state index is -1.42. The maximum atomic E-state index is 8.40. The summed E-state index contributed by atoms with van der Waals surface area (Å²) in [5.74, 6) is 0. The summed E-state index contributed by atoms with van der Waals surface area (Å²) in [6, 6.07) is 0. The van der Waals surface area contributed by atoms with Gasteiger partial charge in [-0.25, -0.2) is 0 Å². The second-order valence-corrected chi connectivity index (χ2v) is 0.250. The number of rotatable bonds is 0. The van der Waals surface area contributed by atoms with Crippen molar-refractivity contribution in [1.82, 2.24) is 0 Å². The predicted molar refractivity (Wildman–Crippen MR) is 103 cm³/mol. The third-order valence-corrected chi connectivity index (χ3v) is 0. The zero-order chi connectivity index (χ0) is 10.7. The van der Waals surface area contributed by atoms with Crippen molar-refractivity contribution in [2.75, 3.05) is 0 Å². The summed E-state index contributed by atoms with van der Waals surface area (Å²) < 4.78 is 48.2. The van der Waals surface area contributed by atoms with Gasteiger partial charge in [-0.05, 0) is 0 Å². The first-order valence-corrected chi connectivity index (χ1v) is 3.73. The maximum Gasteiger partial charge on any atom is 0 e. The smallest absolute Gasteiger partial charge is 0 e. The Hall–Kier alpha value is 1.66. The van der Waals surface area contributed by atoms with E-state index in [1.165, 1.54) is 0 Å². The first-order valence-electron chi connectivity index (χ1n) is 1.25. The number of hydrogen-bond donors (Lipinski definition) is 0. The van der Waals surface area contributed by atoms with Crippen LogP contribution in [0.5, 0.6) is 0 Å². The fraction of sp³-hybridized carbons (Fsp3) is 0.857. The molecule has 182 valence electrons. The van der Waals surface area contributed by atoms with Gasteiger partial charge >= 0.3 is 73.5 Å². The van der Waals surface area contributed by atoms with Crippen molar-refractivity contribution < 1.29 is 120 Å². The van der Waals surface area contributed by atoms with E-state index < -0.39 is 9.29 Å². The summed E-state index contributed by atoms with van der Waals surface area (Å²) in [6.45, 7) is 9.00. The Balaban J connectivity index is -0.000000000702. The van der Waals surface area contributed by atoms with E-state index >= 15 is 0 Å². The van der Waals surface area contributed by atoms with E-state index in [-0.39, 0.29) is 168 Å². The average Bonchev–Trinajstić information content (AvgIpc) is 2.18. The summed E-state index contributed by atoms with van der Waals surface area (Å²) in [7, 11) is -1.42. The van der Waals surface area contributed by atoms with Gasteiger partial charge in [0.2, 0.25) is 0 Å². The third-order valence-electron chi connectivity index (χ3n) is 0. The van der Waals surface area contributed by atoms with Crippen LogP contribution in [0.2, 0.25) is 0 Å². The van der Waals surface area contributed by atoms with Gasteiger partial charge in [0.05, 0.1) is 0 Å². The predicted octanol–water partition coefficient (Wildman–Crippen LogP) is 6.11. The van der Waals surface area contributed by atoms with E-state index in [1.807, 2.05) is 15.9 Å². The number of hydrogen-bond acceptors (Lipinski definition) is 4. The van der Waals surface area contributed by atoms with Crippen LogP contribution in [0.1, 0.15) is 90.5 Å². The van der Waals surface area contributed by atoms with E-state index in [9.17, 15) is 0 Å². The van der Waals surface area contributed by atoms with Crippen LogP contribution in [0.25, 0.3) is 0 Å². The SMILES string of the molecule is C.C.C.C.C.C.C.C.C.C.C.C.O.O=[Si]=O.[C-]#[O+].[C-]#[O+].[Fe].[Fe].[HH].[O]=[Fe].[O]=[Zn].[Zn]. The summed E-state index contributed by atoms with van der Waals surface area (Å²) in [5.41, 5.74) is 0. The molecule has 0 radical (unpaired) electrons. The standard InChI is InChI=1S/2CO.12CH4.3Fe.O2Si.H2O.2O.2Zn.H2/c2*1-2;;;;;;;;;;;;;;;;1-3-2;;;;;;/h;;12*1H4;;;;;1H2;;;;;1H. The topological polar surface area (TPSA) is 140 Å². The molecule has 0 rings (SSSR count). The molecule has 0 atom stereocenters. The van der Waals surface area contributed by atoms with Gasteiger partial charge in [0, 0.05) is 55.0 Å². The molecule has 0 aliphatic rings. The first-order chi connectivity index (χ1) is 5.41. The zero-order valence-electron chi connectivity index (χ0n) is 6.92. The Morgan fingerprint density at radius 2 is 0.593 bits per heavy atom. The van der Waals surface area contributed by atoms with E-state index in [0.29, 0.717) is 0 Å². The van der Waals surface area contributed by atoms with Gasteiger partial charge in [-0.3, -0.25) is 8.92 Å². The van der Waals surface area contributed by atoms with Crippen LogP contribution < -0.4 is 0 Å². The molecule has 0 aromatic carbocycles. The van der Waals surface area contributed by atoms with Crippen molar-refractivity contribution in [2.24, 2.45) is 0 Å². The van der Waals surface area contributed by atoms with Crippen molar-refractivity contribution >= 4 is 9.29 Å². The average molecular weight is 659 g/mol. The molecule has 0 amide bonds. The van der Waals surface area contributed by atoms with Crippen molar-refractivity contribution in [3.63, 3.8) is 0 Å². The molecular formula is C14H52Fe3O7SiZn2. The Bertz CT molecular complexity index is 134. The molecule has 0 aromatic heterocycles. The van der Waals surface area contributed by atoms with Crippen molar-refractivity contribution in [3.05, 3.63) is 13.3 Å². The van der Waals surface area contributed by atoms with Gasteiger partial charge in [-0.1, -0.05) is 89.1 Å². The van der Waals surface area contributed by atoms with Crippen molar-refractivity contribution in [3.8, 4) is 0 Å². The molecule has 0 saturated heterocycles. The van der Waals surface area contributed by atoms with Crippen molar-refractivity contribution in [2.45, 2.75) is 89.1 Å². The van der Waals surface area contributed by atoms with Crippen molar-refractivity contribution in [1.29, 1.82) is 0 Å². The molecule has 0 aliphatic heterocycles. The summed E-state index contributed by atoms with van der Waals surface area (Å²) in [6.07, 6.45) is 0. The Kier molecular flexibility index (Phi) is 38400. The Labute approximate surface area is 230 Å². The molecule has 27 heavy (non-hydrogen) atoms. The van der Waals surface area contributed by atoms with Crippen LogP contribution in [0, 0.1) is 13.3 Å². The third kappa shape index (κ3) is 6590. The van der Waals surface area contributed by atoms with Gasteiger partial charge in [0.15, 0.2) is 0 Å². The van der Waals surface area contributed by atoms with Crippen LogP contribution in [-0.4, -0.2) is 14.8 Å². The molecule has 0 unspecified atom stereocenters. The fourth-order valence-corrected chi connectivity index (χ4v) is 0. The van der Waals surface area contributed by atoms with Crippen LogP contribution in [0.4, 0.5) is 0 Å². The van der Waals surface area contributed by atoms with Gasteiger partial charge < -0.3 is 5.48 Å². The summed E-state index contributed by atoms with van der Waals surface area (Å²) >= 11 is 2.12. The minimum absolute atomic E-state index is 0.